The highest BCUT2D eigenvalue weighted by Gasteiger charge is 2.26. The quantitative estimate of drug-likeness (QED) is 0.899. The summed E-state index contributed by atoms with van der Waals surface area (Å²) in [6, 6.07) is 12.7. The van der Waals surface area contributed by atoms with Crippen LogP contribution in [0, 0.1) is 5.82 Å². The Labute approximate surface area is 160 Å². The summed E-state index contributed by atoms with van der Waals surface area (Å²) in [4.78, 5) is 17.1. The van der Waals surface area contributed by atoms with Gasteiger partial charge in [0.2, 0.25) is 5.91 Å². The first kappa shape index (κ1) is 18.0. The molecule has 1 atom stereocenters. The minimum absolute atomic E-state index is 0.0446. The van der Waals surface area contributed by atoms with Crippen molar-refractivity contribution in [1.82, 2.24) is 4.90 Å². The van der Waals surface area contributed by atoms with E-state index in [-0.39, 0.29) is 17.8 Å². The normalized spacial score (nSPS) is 18.2. The van der Waals surface area contributed by atoms with E-state index in [2.05, 4.69) is 27.2 Å². The molecule has 0 spiro atoms. The summed E-state index contributed by atoms with van der Waals surface area (Å²) in [7, 11) is 0. The van der Waals surface area contributed by atoms with E-state index in [4.69, 9.17) is 0 Å². The van der Waals surface area contributed by atoms with Gasteiger partial charge in [-0.1, -0.05) is 6.07 Å². The Balaban J connectivity index is 1.32. The largest absolute Gasteiger partial charge is 0.369 e. The molecule has 0 aromatic heterocycles. The second-order valence-corrected chi connectivity index (χ2v) is 7.50. The van der Waals surface area contributed by atoms with Gasteiger partial charge in [0.1, 0.15) is 5.82 Å². The monoisotopic (exact) mass is 367 g/mol. The third-order valence-corrected chi connectivity index (χ3v) is 5.80. The summed E-state index contributed by atoms with van der Waals surface area (Å²) in [5.41, 5.74) is 4.72. The van der Waals surface area contributed by atoms with Crippen LogP contribution in [0.3, 0.4) is 0 Å². The van der Waals surface area contributed by atoms with Crippen LogP contribution in [0.4, 0.5) is 15.8 Å². The molecule has 1 heterocycles. The zero-order valence-corrected chi connectivity index (χ0v) is 15.7. The minimum Gasteiger partial charge on any atom is -0.369 e. The highest BCUT2D eigenvalue weighted by Crippen LogP contribution is 2.25. The third-order valence-electron chi connectivity index (χ3n) is 5.80. The first-order chi connectivity index (χ1) is 13.1. The molecule has 1 N–H and O–H groups in total. The van der Waals surface area contributed by atoms with E-state index >= 15 is 0 Å². The fourth-order valence-corrected chi connectivity index (χ4v) is 4.08. The maximum absolute atomic E-state index is 13.1. The zero-order chi connectivity index (χ0) is 18.8. The van der Waals surface area contributed by atoms with Gasteiger partial charge in [0.25, 0.3) is 0 Å². The number of benzene rings is 2. The number of hydrogen-bond acceptors (Lipinski definition) is 3. The van der Waals surface area contributed by atoms with Crippen LogP contribution in [-0.4, -0.2) is 43.0 Å². The number of rotatable bonds is 4. The first-order valence-corrected chi connectivity index (χ1v) is 9.77. The number of anilines is 2. The molecule has 1 amide bonds. The summed E-state index contributed by atoms with van der Waals surface area (Å²) >= 11 is 0. The molecule has 0 unspecified atom stereocenters. The first-order valence-electron chi connectivity index (χ1n) is 9.77. The number of nitrogens with zero attached hydrogens (tertiary/aromatic N) is 2. The number of carbonyl (C=O) groups is 1. The molecule has 0 radical (unpaired) electrons. The summed E-state index contributed by atoms with van der Waals surface area (Å²) in [6.07, 6.45) is 3.47. The van der Waals surface area contributed by atoms with Gasteiger partial charge >= 0.3 is 0 Å². The van der Waals surface area contributed by atoms with E-state index < -0.39 is 0 Å². The highest BCUT2D eigenvalue weighted by molar-refractivity contribution is 5.94. The van der Waals surface area contributed by atoms with Crippen LogP contribution in [0.25, 0.3) is 0 Å². The average molecular weight is 367 g/mol. The second kappa shape index (κ2) is 7.69. The molecule has 27 heavy (non-hydrogen) atoms. The molecule has 4 nitrogen and oxygen atoms in total. The van der Waals surface area contributed by atoms with E-state index in [0.29, 0.717) is 0 Å². The van der Waals surface area contributed by atoms with Crippen molar-refractivity contribution in [2.24, 2.45) is 0 Å². The van der Waals surface area contributed by atoms with Crippen molar-refractivity contribution in [3.63, 3.8) is 0 Å². The maximum Gasteiger partial charge on any atom is 0.241 e. The topological polar surface area (TPSA) is 35.6 Å². The molecule has 1 aliphatic heterocycles. The lowest BCUT2D eigenvalue weighted by atomic mass is 10.1. The summed E-state index contributed by atoms with van der Waals surface area (Å²) in [5.74, 6) is -0.169. The lowest BCUT2D eigenvalue weighted by molar-refractivity contribution is -0.120. The van der Waals surface area contributed by atoms with Gasteiger partial charge in [-0.2, -0.15) is 0 Å². The lowest BCUT2D eigenvalue weighted by Crippen LogP contribution is -2.52. The van der Waals surface area contributed by atoms with Crippen LogP contribution >= 0.6 is 0 Å². The van der Waals surface area contributed by atoms with E-state index in [1.54, 1.807) is 0 Å². The van der Waals surface area contributed by atoms with E-state index in [0.717, 1.165) is 50.4 Å². The smallest absolute Gasteiger partial charge is 0.241 e. The molecule has 0 bridgehead atoms. The highest BCUT2D eigenvalue weighted by atomic mass is 19.1. The van der Waals surface area contributed by atoms with Gasteiger partial charge in [-0.3, -0.25) is 9.69 Å². The zero-order valence-electron chi connectivity index (χ0n) is 15.7. The molecule has 0 saturated carbocycles. The number of aryl methyl sites for hydroxylation is 2. The molecule has 4 rings (SSSR count). The van der Waals surface area contributed by atoms with Crippen molar-refractivity contribution in [3.05, 3.63) is 59.4 Å². The van der Waals surface area contributed by atoms with Gasteiger partial charge in [0, 0.05) is 37.6 Å². The Morgan fingerprint density at radius 2 is 1.70 bits per heavy atom. The fraction of sp³-hybridized carbons (Fsp3) is 0.409. The third kappa shape index (κ3) is 3.98. The number of amides is 1. The molecule has 5 heteroatoms. The Bertz CT molecular complexity index is 813. The van der Waals surface area contributed by atoms with Crippen molar-refractivity contribution in [3.8, 4) is 0 Å². The predicted molar refractivity (Wildman–Crippen MR) is 107 cm³/mol. The summed E-state index contributed by atoms with van der Waals surface area (Å²) < 4.78 is 13.1. The van der Waals surface area contributed by atoms with Crippen molar-refractivity contribution in [2.75, 3.05) is 36.4 Å². The number of carbonyl (C=O) groups excluding carboxylic acids is 1. The molecular weight excluding hydrogens is 341 g/mol. The van der Waals surface area contributed by atoms with Gasteiger partial charge in [0.15, 0.2) is 0 Å². The average Bonchev–Trinajstić information content (AvgIpc) is 3.16. The Morgan fingerprint density at radius 1 is 1.00 bits per heavy atom. The molecular formula is C22H26FN3O. The molecule has 2 aromatic carbocycles. The molecule has 1 saturated heterocycles. The van der Waals surface area contributed by atoms with Crippen LogP contribution in [0.15, 0.2) is 42.5 Å². The molecule has 2 aromatic rings. The standard InChI is InChI=1S/C22H26FN3O/c1-16(22(27)24-20-8-5-17-3-2-4-18(17)15-20)25-11-13-26(14-12-25)21-9-6-19(23)7-10-21/h5-10,15-16H,2-4,11-14H2,1H3,(H,24,27)/t16-/m1/s1. The van der Waals surface area contributed by atoms with Gasteiger partial charge in [0.05, 0.1) is 6.04 Å². The van der Waals surface area contributed by atoms with Gasteiger partial charge in [-0.15, -0.1) is 0 Å². The van der Waals surface area contributed by atoms with E-state index in [1.807, 2.05) is 25.1 Å². The number of piperazine rings is 1. The van der Waals surface area contributed by atoms with Crippen molar-refractivity contribution < 1.29 is 9.18 Å². The lowest BCUT2D eigenvalue weighted by Gasteiger charge is -2.38. The molecule has 2 aliphatic rings. The number of hydrogen-bond donors (Lipinski definition) is 1. The van der Waals surface area contributed by atoms with Crippen molar-refractivity contribution in [1.29, 1.82) is 0 Å². The van der Waals surface area contributed by atoms with Crippen LogP contribution < -0.4 is 10.2 Å². The van der Waals surface area contributed by atoms with E-state index in [9.17, 15) is 9.18 Å². The van der Waals surface area contributed by atoms with Gasteiger partial charge < -0.3 is 10.2 Å². The SMILES string of the molecule is C[C@H](C(=O)Nc1ccc2c(c1)CCC2)N1CCN(c2ccc(F)cc2)CC1. The van der Waals surface area contributed by atoms with Crippen LogP contribution in [-0.2, 0) is 17.6 Å². The van der Waals surface area contributed by atoms with Crippen LogP contribution in [0.2, 0.25) is 0 Å². The molecule has 1 aliphatic carbocycles. The van der Waals surface area contributed by atoms with Crippen LogP contribution in [0.1, 0.15) is 24.5 Å². The summed E-state index contributed by atoms with van der Waals surface area (Å²) in [6.45, 7) is 5.27. The summed E-state index contributed by atoms with van der Waals surface area (Å²) in [5, 5.41) is 3.08. The predicted octanol–water partition coefficient (Wildman–Crippen LogP) is 3.46. The minimum atomic E-state index is -0.214. The van der Waals surface area contributed by atoms with Gasteiger partial charge in [-0.05, 0) is 73.7 Å². The van der Waals surface area contributed by atoms with E-state index in [1.165, 1.54) is 29.7 Å². The number of fused-ring (bicyclic) bond motifs is 1. The Morgan fingerprint density at radius 3 is 2.44 bits per heavy atom. The van der Waals surface area contributed by atoms with Crippen LogP contribution in [0.5, 0.6) is 0 Å². The second-order valence-electron chi connectivity index (χ2n) is 7.50. The Hall–Kier alpha value is -2.40. The molecule has 1 fully saturated rings. The van der Waals surface area contributed by atoms with Crippen molar-refractivity contribution >= 4 is 17.3 Å². The Kier molecular flexibility index (Phi) is 5.12. The van der Waals surface area contributed by atoms with Gasteiger partial charge in [-0.25, -0.2) is 4.39 Å². The maximum atomic E-state index is 13.1. The number of nitrogens with one attached hydrogen (secondary N) is 1. The number of halogens is 1. The van der Waals surface area contributed by atoms with Crippen molar-refractivity contribution in [2.45, 2.75) is 32.2 Å². The fourth-order valence-electron chi connectivity index (χ4n) is 4.08. The molecule has 142 valence electrons.